The number of rotatable bonds is 7. The number of nitrogens with one attached hydrogen (secondary N) is 2. The van der Waals surface area contributed by atoms with Gasteiger partial charge in [-0.05, 0) is 46.2 Å². The van der Waals surface area contributed by atoms with E-state index in [1.54, 1.807) is 13.8 Å². The minimum atomic E-state index is -3.56. The first-order chi connectivity index (χ1) is 10.0. The Kier molecular flexibility index (Phi) is 5.74. The van der Waals surface area contributed by atoms with Gasteiger partial charge < -0.3 is 14.6 Å². The zero-order chi connectivity index (χ0) is 15.3. The minimum Gasteiger partial charge on any atom is -0.378 e. The van der Waals surface area contributed by atoms with Crippen molar-refractivity contribution >= 4 is 10.0 Å². The molecule has 1 aromatic heterocycles. The van der Waals surface area contributed by atoms with Crippen molar-refractivity contribution in [2.24, 2.45) is 0 Å². The number of hydrogen-bond acceptors (Lipinski definition) is 6. The van der Waals surface area contributed by atoms with Crippen LogP contribution in [-0.2, 0) is 14.8 Å². The molecule has 1 saturated heterocycles. The van der Waals surface area contributed by atoms with E-state index in [9.17, 15) is 8.42 Å². The number of aryl methyl sites for hydroxylation is 2. The Labute approximate surface area is 125 Å². The topological polar surface area (TPSA) is 93.5 Å². The molecule has 0 atom stereocenters. The van der Waals surface area contributed by atoms with Crippen molar-refractivity contribution < 1.29 is 17.7 Å². The fourth-order valence-electron chi connectivity index (χ4n) is 2.42. The lowest BCUT2D eigenvalue weighted by atomic mass is 10.1. The fraction of sp³-hybridized carbons (Fsp3) is 0.769. The van der Waals surface area contributed by atoms with Gasteiger partial charge in [-0.3, -0.25) is 0 Å². The Morgan fingerprint density at radius 1 is 1.38 bits per heavy atom. The van der Waals surface area contributed by atoms with Crippen LogP contribution < -0.4 is 10.0 Å². The van der Waals surface area contributed by atoms with Gasteiger partial charge in [0.05, 0.1) is 6.10 Å². The average Bonchev–Trinajstić information content (AvgIpc) is 2.79. The number of piperidine rings is 1. The lowest BCUT2D eigenvalue weighted by Gasteiger charge is -2.22. The molecule has 2 N–H and O–H groups in total. The van der Waals surface area contributed by atoms with E-state index in [-0.39, 0.29) is 4.90 Å². The molecule has 0 aliphatic carbocycles. The lowest BCUT2D eigenvalue weighted by Crippen LogP contribution is -2.33. The van der Waals surface area contributed by atoms with Gasteiger partial charge in [-0.2, -0.15) is 0 Å². The molecule has 0 radical (unpaired) electrons. The van der Waals surface area contributed by atoms with E-state index in [1.807, 2.05) is 0 Å². The second-order valence-electron chi connectivity index (χ2n) is 5.22. The Bertz CT molecular complexity index is 530. The highest BCUT2D eigenvalue weighted by molar-refractivity contribution is 7.89. The van der Waals surface area contributed by atoms with Crippen LogP contribution in [0.5, 0.6) is 0 Å². The summed E-state index contributed by atoms with van der Waals surface area (Å²) in [5, 5.41) is 6.94. The molecule has 1 aromatic rings. The summed E-state index contributed by atoms with van der Waals surface area (Å²) in [5.41, 5.74) is 0.381. The molecule has 8 heteroatoms. The fourth-order valence-corrected chi connectivity index (χ4v) is 3.82. The third kappa shape index (κ3) is 4.50. The second-order valence-corrected chi connectivity index (χ2v) is 6.93. The molecule has 0 amide bonds. The highest BCUT2D eigenvalue weighted by Gasteiger charge is 2.23. The van der Waals surface area contributed by atoms with Gasteiger partial charge in [-0.15, -0.1) is 0 Å². The molecular weight excluding hydrogens is 294 g/mol. The maximum absolute atomic E-state index is 12.1. The number of sulfonamides is 1. The summed E-state index contributed by atoms with van der Waals surface area (Å²) in [7, 11) is -3.56. The predicted molar refractivity (Wildman–Crippen MR) is 77.6 cm³/mol. The van der Waals surface area contributed by atoms with Gasteiger partial charge in [-0.1, -0.05) is 5.16 Å². The number of aromatic nitrogens is 1. The average molecular weight is 317 g/mol. The van der Waals surface area contributed by atoms with Crippen LogP contribution >= 0.6 is 0 Å². The molecule has 21 heavy (non-hydrogen) atoms. The van der Waals surface area contributed by atoms with Crippen LogP contribution in [-0.4, -0.2) is 45.9 Å². The molecule has 0 unspecified atom stereocenters. The number of hydrogen-bond donors (Lipinski definition) is 2. The molecule has 0 spiro atoms. The summed E-state index contributed by atoms with van der Waals surface area (Å²) in [4.78, 5) is 0.141. The first kappa shape index (κ1) is 16.4. The maximum Gasteiger partial charge on any atom is 0.245 e. The zero-order valence-electron chi connectivity index (χ0n) is 12.5. The first-order valence-electron chi connectivity index (χ1n) is 7.25. The predicted octanol–water partition coefficient (Wildman–Crippen LogP) is 0.728. The summed E-state index contributed by atoms with van der Waals surface area (Å²) < 4.78 is 37.5. The number of nitrogens with zero attached hydrogens (tertiary/aromatic N) is 1. The van der Waals surface area contributed by atoms with Gasteiger partial charge in [0.2, 0.25) is 10.0 Å². The molecule has 2 rings (SSSR count). The van der Waals surface area contributed by atoms with Gasteiger partial charge in [0, 0.05) is 13.2 Å². The number of ether oxygens (including phenoxy) is 1. The third-order valence-corrected chi connectivity index (χ3v) is 5.19. The van der Waals surface area contributed by atoms with Crippen LogP contribution in [0.3, 0.4) is 0 Å². The molecule has 1 aliphatic rings. The zero-order valence-corrected chi connectivity index (χ0v) is 13.3. The van der Waals surface area contributed by atoms with Gasteiger partial charge in [0.15, 0.2) is 5.76 Å². The largest absolute Gasteiger partial charge is 0.378 e. The van der Waals surface area contributed by atoms with Crippen LogP contribution in [0.15, 0.2) is 9.42 Å². The quantitative estimate of drug-likeness (QED) is 0.720. The second kappa shape index (κ2) is 7.35. The Morgan fingerprint density at radius 2 is 2.10 bits per heavy atom. The summed E-state index contributed by atoms with van der Waals surface area (Å²) in [6, 6.07) is 0. The minimum absolute atomic E-state index is 0.141. The lowest BCUT2D eigenvalue weighted by molar-refractivity contribution is 0.0322. The third-order valence-electron chi connectivity index (χ3n) is 3.49. The Morgan fingerprint density at radius 3 is 2.71 bits per heavy atom. The first-order valence-corrected chi connectivity index (χ1v) is 8.74. The van der Waals surface area contributed by atoms with Crippen molar-refractivity contribution in [2.45, 2.75) is 44.1 Å². The summed E-state index contributed by atoms with van der Waals surface area (Å²) in [6.07, 6.45) is 2.98. The molecule has 1 fully saturated rings. The van der Waals surface area contributed by atoms with Crippen molar-refractivity contribution in [3.05, 3.63) is 11.5 Å². The molecule has 0 saturated carbocycles. The van der Waals surface area contributed by atoms with Gasteiger partial charge >= 0.3 is 0 Å². The molecular formula is C13H23N3O4S. The maximum atomic E-state index is 12.1. The normalized spacial score (nSPS) is 17.2. The van der Waals surface area contributed by atoms with Gasteiger partial charge in [0.25, 0.3) is 0 Å². The van der Waals surface area contributed by atoms with Crippen LogP contribution in [0.25, 0.3) is 0 Å². The van der Waals surface area contributed by atoms with E-state index < -0.39 is 10.0 Å². The van der Waals surface area contributed by atoms with E-state index in [0.717, 1.165) is 25.9 Å². The highest BCUT2D eigenvalue weighted by Crippen LogP contribution is 2.18. The Balaban J connectivity index is 1.72. The molecule has 2 heterocycles. The van der Waals surface area contributed by atoms with E-state index in [0.29, 0.717) is 37.1 Å². The molecule has 7 nitrogen and oxygen atoms in total. The summed E-state index contributed by atoms with van der Waals surface area (Å²) >= 11 is 0. The van der Waals surface area contributed by atoms with Crippen molar-refractivity contribution in [2.75, 3.05) is 26.2 Å². The van der Waals surface area contributed by atoms with E-state index in [2.05, 4.69) is 15.2 Å². The van der Waals surface area contributed by atoms with Gasteiger partial charge in [0.1, 0.15) is 10.6 Å². The van der Waals surface area contributed by atoms with Crippen molar-refractivity contribution in [3.8, 4) is 0 Å². The molecule has 120 valence electrons. The molecule has 0 aromatic carbocycles. The van der Waals surface area contributed by atoms with E-state index >= 15 is 0 Å². The van der Waals surface area contributed by atoms with Crippen molar-refractivity contribution in [3.63, 3.8) is 0 Å². The molecule has 0 bridgehead atoms. The standard InChI is InChI=1S/C13H23N3O4S/c1-10-13(11(2)20-16-10)21(17,18)15-6-3-9-19-12-4-7-14-8-5-12/h12,14-15H,3-9H2,1-2H3. The Hall–Kier alpha value is -0.960. The van der Waals surface area contributed by atoms with Crippen molar-refractivity contribution in [1.29, 1.82) is 0 Å². The van der Waals surface area contributed by atoms with E-state index in [4.69, 9.17) is 9.26 Å². The van der Waals surface area contributed by atoms with Crippen molar-refractivity contribution in [1.82, 2.24) is 15.2 Å². The van der Waals surface area contributed by atoms with Gasteiger partial charge in [-0.25, -0.2) is 13.1 Å². The smallest absolute Gasteiger partial charge is 0.245 e. The van der Waals surface area contributed by atoms with Crippen LogP contribution in [0.1, 0.15) is 30.7 Å². The monoisotopic (exact) mass is 317 g/mol. The summed E-state index contributed by atoms with van der Waals surface area (Å²) in [5.74, 6) is 0.311. The SMILES string of the molecule is Cc1noc(C)c1S(=O)(=O)NCCCOC1CCNCC1. The van der Waals surface area contributed by atoms with E-state index in [1.165, 1.54) is 0 Å². The highest BCUT2D eigenvalue weighted by atomic mass is 32.2. The van der Waals surface area contributed by atoms with Crippen LogP contribution in [0.2, 0.25) is 0 Å². The summed E-state index contributed by atoms with van der Waals surface area (Å²) in [6.45, 7) is 6.10. The van der Waals surface area contributed by atoms with Crippen LogP contribution in [0, 0.1) is 13.8 Å². The van der Waals surface area contributed by atoms with Crippen LogP contribution in [0.4, 0.5) is 0 Å². The molecule has 1 aliphatic heterocycles.